The zero-order chi connectivity index (χ0) is 25.0. The summed E-state index contributed by atoms with van der Waals surface area (Å²) in [5, 5.41) is 11.9. The van der Waals surface area contributed by atoms with E-state index in [2.05, 4.69) is 66.9 Å². The molecular formula is C28H22F2N6S. The monoisotopic (exact) mass is 512 g/mol. The Bertz CT molecular complexity index is 1740. The smallest absolute Gasteiger partial charge is 0.261 e. The molecule has 1 aliphatic rings. The molecule has 6 nitrogen and oxygen atoms in total. The molecule has 37 heavy (non-hydrogen) atoms. The Morgan fingerprint density at radius 2 is 1.95 bits per heavy atom. The number of aromatic nitrogens is 5. The van der Waals surface area contributed by atoms with E-state index in [1.807, 2.05) is 12.1 Å². The lowest BCUT2D eigenvalue weighted by Gasteiger charge is -2.15. The van der Waals surface area contributed by atoms with Crippen LogP contribution in [0.1, 0.15) is 12.0 Å². The maximum Gasteiger partial charge on any atom is 0.261 e. The molecule has 6 aromatic rings. The number of rotatable bonds is 5. The highest BCUT2D eigenvalue weighted by Gasteiger charge is 2.37. The Hall–Kier alpha value is -3.95. The van der Waals surface area contributed by atoms with Crippen LogP contribution in [-0.4, -0.2) is 49.1 Å². The fourth-order valence-corrected chi connectivity index (χ4v) is 5.89. The van der Waals surface area contributed by atoms with Crippen molar-refractivity contribution >= 4 is 33.1 Å². The van der Waals surface area contributed by atoms with Crippen molar-refractivity contribution in [1.29, 1.82) is 0 Å². The topological polar surface area (TPSA) is 73.5 Å². The quantitative estimate of drug-likeness (QED) is 0.268. The zero-order valence-corrected chi connectivity index (χ0v) is 20.5. The third-order valence-electron chi connectivity index (χ3n) is 6.90. The lowest BCUT2D eigenvalue weighted by atomic mass is 10.1. The van der Waals surface area contributed by atoms with E-state index in [1.54, 1.807) is 34.8 Å². The molecular weight excluding hydrogens is 490 g/mol. The van der Waals surface area contributed by atoms with E-state index in [1.165, 1.54) is 10.4 Å². The number of nitrogens with one attached hydrogen (secondary N) is 2. The van der Waals surface area contributed by atoms with Gasteiger partial charge in [-0.1, -0.05) is 18.2 Å². The Kier molecular flexibility index (Phi) is 5.16. The van der Waals surface area contributed by atoms with E-state index >= 15 is 0 Å². The van der Waals surface area contributed by atoms with Gasteiger partial charge >= 0.3 is 0 Å². The number of fused-ring (bicyclic) bond motifs is 2. The van der Waals surface area contributed by atoms with Gasteiger partial charge in [0.15, 0.2) is 0 Å². The molecule has 9 heteroatoms. The number of pyridine rings is 2. The fraction of sp³-hybridized carbons (Fsp3) is 0.179. The average molecular weight is 513 g/mol. The molecule has 1 aliphatic heterocycles. The van der Waals surface area contributed by atoms with E-state index in [-0.39, 0.29) is 13.0 Å². The van der Waals surface area contributed by atoms with Gasteiger partial charge in [0, 0.05) is 64.2 Å². The molecule has 6 heterocycles. The largest absolute Gasteiger partial charge is 0.353 e. The molecule has 184 valence electrons. The van der Waals surface area contributed by atoms with Gasteiger partial charge in [-0.2, -0.15) is 5.10 Å². The third kappa shape index (κ3) is 4.10. The number of hydrogen-bond donors (Lipinski definition) is 2. The number of hydrogen-bond acceptors (Lipinski definition) is 5. The van der Waals surface area contributed by atoms with Crippen LogP contribution in [0.2, 0.25) is 0 Å². The van der Waals surface area contributed by atoms with Crippen LogP contribution in [0.4, 0.5) is 8.78 Å². The molecule has 0 bridgehead atoms. The third-order valence-corrected chi connectivity index (χ3v) is 7.80. The summed E-state index contributed by atoms with van der Waals surface area (Å²) in [6.07, 6.45) is 5.17. The van der Waals surface area contributed by atoms with Gasteiger partial charge in [-0.25, -0.2) is 8.78 Å². The standard InChI is InChI=1S/C28H22F2N6S/c29-28(30)6-7-36(16-28)15-17-9-18(13-31-12-17)23-11-21-25(14-32-23)34-35-27(21)24-10-20-19(26-5-2-8-37-26)3-1-4-22(20)33-24/h1-5,8-14,33H,6-7,15-16H2,(H,34,35). The van der Waals surface area contributed by atoms with Gasteiger partial charge in [-0.3, -0.25) is 20.0 Å². The normalized spacial score (nSPS) is 15.7. The van der Waals surface area contributed by atoms with Crippen molar-refractivity contribution in [1.82, 2.24) is 30.0 Å². The Labute approximate surface area is 215 Å². The number of aromatic amines is 2. The second kappa shape index (κ2) is 8.57. The van der Waals surface area contributed by atoms with E-state index in [4.69, 9.17) is 0 Å². The molecule has 0 unspecified atom stereocenters. The molecule has 1 aromatic carbocycles. The molecule has 5 aromatic heterocycles. The second-order valence-corrected chi connectivity index (χ2v) is 10.5. The van der Waals surface area contributed by atoms with Gasteiger partial charge in [-0.05, 0) is 41.3 Å². The van der Waals surface area contributed by atoms with Crippen LogP contribution >= 0.6 is 11.3 Å². The molecule has 0 amide bonds. The van der Waals surface area contributed by atoms with Gasteiger partial charge in [0.1, 0.15) is 5.69 Å². The molecule has 1 saturated heterocycles. The van der Waals surface area contributed by atoms with Crippen LogP contribution in [0, 0.1) is 0 Å². The molecule has 0 aliphatic carbocycles. The predicted octanol–water partition coefficient (Wildman–Crippen LogP) is 6.74. The predicted molar refractivity (Wildman–Crippen MR) is 143 cm³/mol. The number of H-pyrrole nitrogens is 2. The highest BCUT2D eigenvalue weighted by molar-refractivity contribution is 7.13. The number of alkyl halides is 2. The van der Waals surface area contributed by atoms with E-state index in [0.717, 1.165) is 50.0 Å². The Balaban J connectivity index is 1.24. The van der Waals surface area contributed by atoms with E-state index < -0.39 is 5.92 Å². The molecule has 7 rings (SSSR count). The summed E-state index contributed by atoms with van der Waals surface area (Å²) in [6, 6.07) is 16.6. The van der Waals surface area contributed by atoms with Crippen LogP contribution in [-0.2, 0) is 6.54 Å². The van der Waals surface area contributed by atoms with Gasteiger partial charge in [0.2, 0.25) is 0 Å². The molecule has 0 saturated carbocycles. The summed E-state index contributed by atoms with van der Waals surface area (Å²) in [4.78, 5) is 15.5. The lowest BCUT2D eigenvalue weighted by molar-refractivity contribution is 0.0115. The molecule has 1 fully saturated rings. The number of nitrogens with zero attached hydrogens (tertiary/aromatic N) is 4. The van der Waals surface area contributed by atoms with Crippen LogP contribution in [0.5, 0.6) is 0 Å². The minimum absolute atomic E-state index is 0.0931. The van der Waals surface area contributed by atoms with Crippen LogP contribution in [0.15, 0.2) is 72.5 Å². The number of halogens is 2. The first-order valence-electron chi connectivity index (χ1n) is 12.1. The van der Waals surface area contributed by atoms with Crippen molar-refractivity contribution in [2.45, 2.75) is 18.9 Å². The van der Waals surface area contributed by atoms with Crippen molar-refractivity contribution in [2.75, 3.05) is 13.1 Å². The molecule has 0 spiro atoms. The zero-order valence-electron chi connectivity index (χ0n) is 19.7. The first-order chi connectivity index (χ1) is 18.0. The number of benzene rings is 1. The van der Waals surface area contributed by atoms with Gasteiger partial charge in [0.05, 0.1) is 29.6 Å². The Morgan fingerprint density at radius 3 is 2.78 bits per heavy atom. The fourth-order valence-electron chi connectivity index (χ4n) is 5.12. The first kappa shape index (κ1) is 22.3. The lowest BCUT2D eigenvalue weighted by Crippen LogP contribution is -2.24. The Morgan fingerprint density at radius 1 is 1.00 bits per heavy atom. The number of likely N-dealkylation sites (tertiary alicyclic amines) is 1. The SMILES string of the molecule is FC1(F)CCN(Cc2cncc(-c3cc4c(-c5cc6c(-c7cccs7)cccc6[nH]5)n[nH]c4cn3)c2)C1. The van der Waals surface area contributed by atoms with E-state index in [0.29, 0.717) is 13.1 Å². The van der Waals surface area contributed by atoms with Crippen molar-refractivity contribution in [2.24, 2.45) is 0 Å². The number of thiophene rings is 1. The highest BCUT2D eigenvalue weighted by Crippen LogP contribution is 2.36. The summed E-state index contributed by atoms with van der Waals surface area (Å²) < 4.78 is 27.2. The average Bonchev–Trinajstić information content (AvgIpc) is 3.69. The van der Waals surface area contributed by atoms with Crippen molar-refractivity contribution < 1.29 is 8.78 Å². The van der Waals surface area contributed by atoms with Crippen molar-refractivity contribution in [3.05, 3.63) is 78.1 Å². The van der Waals surface area contributed by atoms with Gasteiger partial charge in [0.25, 0.3) is 5.92 Å². The summed E-state index contributed by atoms with van der Waals surface area (Å²) in [5.41, 5.74) is 7.30. The van der Waals surface area contributed by atoms with Gasteiger partial charge < -0.3 is 4.98 Å². The molecule has 2 N–H and O–H groups in total. The van der Waals surface area contributed by atoms with Crippen molar-refractivity contribution in [3.63, 3.8) is 0 Å². The summed E-state index contributed by atoms with van der Waals surface area (Å²) in [7, 11) is 0. The summed E-state index contributed by atoms with van der Waals surface area (Å²) >= 11 is 1.72. The van der Waals surface area contributed by atoms with Crippen LogP contribution in [0.3, 0.4) is 0 Å². The maximum atomic E-state index is 13.6. The van der Waals surface area contributed by atoms with Crippen molar-refractivity contribution in [3.8, 4) is 33.1 Å². The van der Waals surface area contributed by atoms with Crippen LogP contribution in [0.25, 0.3) is 54.9 Å². The highest BCUT2D eigenvalue weighted by atomic mass is 32.1. The molecule has 0 radical (unpaired) electrons. The van der Waals surface area contributed by atoms with E-state index in [9.17, 15) is 8.78 Å². The minimum Gasteiger partial charge on any atom is -0.353 e. The second-order valence-electron chi connectivity index (χ2n) is 9.51. The summed E-state index contributed by atoms with van der Waals surface area (Å²) in [6.45, 7) is 0.619. The summed E-state index contributed by atoms with van der Waals surface area (Å²) in [5.74, 6) is -2.61. The van der Waals surface area contributed by atoms with Gasteiger partial charge in [-0.15, -0.1) is 11.3 Å². The van der Waals surface area contributed by atoms with Crippen LogP contribution < -0.4 is 0 Å². The first-order valence-corrected chi connectivity index (χ1v) is 12.9. The molecule has 0 atom stereocenters. The maximum absolute atomic E-state index is 13.6. The minimum atomic E-state index is -2.61.